The van der Waals surface area contributed by atoms with Crippen LogP contribution in [0.25, 0.3) is 0 Å². The third-order valence-electron chi connectivity index (χ3n) is 5.00. The molecule has 0 radical (unpaired) electrons. The van der Waals surface area contributed by atoms with Crippen LogP contribution in [-0.4, -0.2) is 36.2 Å². The van der Waals surface area contributed by atoms with Crippen LogP contribution in [0.5, 0.6) is 0 Å². The summed E-state index contributed by atoms with van der Waals surface area (Å²) in [6.45, 7) is 0. The predicted octanol–water partition coefficient (Wildman–Crippen LogP) is 2.49. The van der Waals surface area contributed by atoms with Gasteiger partial charge in [-0.15, -0.1) is 0 Å². The van der Waals surface area contributed by atoms with Gasteiger partial charge in [0.2, 0.25) is 0 Å². The van der Waals surface area contributed by atoms with E-state index in [1.807, 2.05) is 0 Å². The highest BCUT2D eigenvalue weighted by Gasteiger charge is 2.49. The minimum Gasteiger partial charge on any atom is -0.393 e. The van der Waals surface area contributed by atoms with Crippen LogP contribution < -0.4 is 0 Å². The summed E-state index contributed by atoms with van der Waals surface area (Å²) in [5.41, 5.74) is 1.46. The fourth-order valence-electron chi connectivity index (χ4n) is 4.32. The minimum absolute atomic E-state index is 0.0869. The van der Waals surface area contributed by atoms with Crippen molar-refractivity contribution in [3.8, 4) is 0 Å². The van der Waals surface area contributed by atoms with Crippen LogP contribution in [0.1, 0.15) is 30.7 Å². The molecule has 0 unspecified atom stereocenters. The van der Waals surface area contributed by atoms with Crippen molar-refractivity contribution in [2.75, 3.05) is 14.1 Å². The van der Waals surface area contributed by atoms with Gasteiger partial charge in [-0.25, -0.2) is 0 Å². The normalized spacial score (nSPS) is 39.2. The molecule has 2 bridgehead atoms. The maximum absolute atomic E-state index is 10.3. The van der Waals surface area contributed by atoms with Crippen molar-refractivity contribution in [3.05, 3.63) is 35.9 Å². The molecule has 2 heteroatoms. The van der Waals surface area contributed by atoms with Gasteiger partial charge in [0.15, 0.2) is 0 Å². The first-order valence-electron chi connectivity index (χ1n) is 7.08. The molecule has 98 valence electrons. The summed E-state index contributed by atoms with van der Waals surface area (Å²) in [6, 6.07) is 11.4. The van der Waals surface area contributed by atoms with E-state index in [1.54, 1.807) is 0 Å². The summed E-state index contributed by atoms with van der Waals surface area (Å²) in [7, 11) is 4.32. The summed E-state index contributed by atoms with van der Waals surface area (Å²) < 4.78 is 0. The van der Waals surface area contributed by atoms with Gasteiger partial charge < -0.3 is 10.0 Å². The number of hydrogen-bond acceptors (Lipinski definition) is 2. The molecule has 0 aliphatic heterocycles. The fraction of sp³-hybridized carbons (Fsp3) is 0.625. The monoisotopic (exact) mass is 245 g/mol. The molecule has 0 heterocycles. The molecule has 4 rings (SSSR count). The zero-order valence-corrected chi connectivity index (χ0v) is 11.3. The standard InChI is InChI=1S/C16H23NO/c1-17(2)16-13-9-8-12(10-14(13)18)15(16)11-6-4-3-5-7-11/h3-7,12-16,18H,8-10H2,1-2H3/t12-,13+,14+,15+,16+/m0/s1. The van der Waals surface area contributed by atoms with Crippen LogP contribution in [-0.2, 0) is 0 Å². The van der Waals surface area contributed by atoms with E-state index in [-0.39, 0.29) is 6.10 Å². The summed E-state index contributed by atoms with van der Waals surface area (Å²) in [4.78, 5) is 2.33. The van der Waals surface area contributed by atoms with E-state index in [9.17, 15) is 5.11 Å². The zero-order valence-electron chi connectivity index (χ0n) is 11.3. The summed E-state index contributed by atoms with van der Waals surface area (Å²) in [6.07, 6.45) is 3.38. The number of fused-ring (bicyclic) bond motifs is 3. The highest BCUT2D eigenvalue weighted by molar-refractivity contribution is 5.25. The second kappa shape index (κ2) is 4.67. The first kappa shape index (κ1) is 12.2. The average molecular weight is 245 g/mol. The lowest BCUT2D eigenvalue weighted by Crippen LogP contribution is -2.55. The van der Waals surface area contributed by atoms with Crippen molar-refractivity contribution in [1.82, 2.24) is 4.90 Å². The van der Waals surface area contributed by atoms with Crippen molar-refractivity contribution in [2.24, 2.45) is 11.8 Å². The van der Waals surface area contributed by atoms with E-state index in [0.717, 1.165) is 6.42 Å². The van der Waals surface area contributed by atoms with E-state index in [4.69, 9.17) is 0 Å². The van der Waals surface area contributed by atoms with E-state index >= 15 is 0 Å². The second-order valence-electron chi connectivity index (χ2n) is 6.20. The lowest BCUT2D eigenvalue weighted by molar-refractivity contribution is -0.0620. The molecule has 5 atom stereocenters. The van der Waals surface area contributed by atoms with Gasteiger partial charge in [0.25, 0.3) is 0 Å². The maximum atomic E-state index is 10.3. The quantitative estimate of drug-likeness (QED) is 0.865. The molecule has 1 aromatic carbocycles. The molecule has 3 aliphatic carbocycles. The number of hydrogen-bond donors (Lipinski definition) is 1. The number of nitrogens with zero attached hydrogens (tertiary/aromatic N) is 1. The lowest BCUT2D eigenvalue weighted by Gasteiger charge is -2.53. The molecule has 2 nitrogen and oxygen atoms in total. The molecule has 1 N–H and O–H groups in total. The number of benzene rings is 1. The zero-order chi connectivity index (χ0) is 12.7. The third kappa shape index (κ3) is 1.88. The highest BCUT2D eigenvalue weighted by Crippen LogP contribution is 2.51. The van der Waals surface area contributed by atoms with Crippen LogP contribution >= 0.6 is 0 Å². The van der Waals surface area contributed by atoms with Gasteiger partial charge >= 0.3 is 0 Å². The highest BCUT2D eigenvalue weighted by atomic mass is 16.3. The van der Waals surface area contributed by atoms with Gasteiger partial charge in [0.05, 0.1) is 6.10 Å². The van der Waals surface area contributed by atoms with Gasteiger partial charge in [-0.3, -0.25) is 0 Å². The largest absolute Gasteiger partial charge is 0.393 e. The van der Waals surface area contributed by atoms with Gasteiger partial charge in [0.1, 0.15) is 0 Å². The Morgan fingerprint density at radius 1 is 1.11 bits per heavy atom. The van der Waals surface area contributed by atoms with Crippen LogP contribution in [0.3, 0.4) is 0 Å². The number of rotatable bonds is 2. The minimum atomic E-state index is -0.0869. The predicted molar refractivity (Wildman–Crippen MR) is 73.5 cm³/mol. The Balaban J connectivity index is 1.97. The maximum Gasteiger partial charge on any atom is 0.0586 e. The van der Waals surface area contributed by atoms with Crippen molar-refractivity contribution in [2.45, 2.75) is 37.3 Å². The Morgan fingerprint density at radius 3 is 2.44 bits per heavy atom. The third-order valence-corrected chi connectivity index (χ3v) is 5.00. The van der Waals surface area contributed by atoms with Crippen molar-refractivity contribution in [1.29, 1.82) is 0 Å². The van der Waals surface area contributed by atoms with Gasteiger partial charge in [-0.1, -0.05) is 30.3 Å². The fourth-order valence-corrected chi connectivity index (χ4v) is 4.32. The molecule has 3 aliphatic rings. The molecule has 0 amide bonds. The summed E-state index contributed by atoms with van der Waals surface area (Å²) in [5, 5.41) is 10.3. The van der Waals surface area contributed by atoms with Crippen molar-refractivity contribution >= 4 is 0 Å². The van der Waals surface area contributed by atoms with E-state index in [2.05, 4.69) is 49.3 Å². The SMILES string of the molecule is CN(C)[C@@H]1[C@@H]2CC[C@@H](C[C@H]2O)[C@H]1c1ccccc1. The number of aliphatic hydroxyl groups is 1. The Morgan fingerprint density at radius 2 is 1.83 bits per heavy atom. The molecule has 0 aromatic heterocycles. The number of aliphatic hydroxyl groups excluding tert-OH is 1. The molecular formula is C16H23NO. The van der Waals surface area contributed by atoms with Crippen molar-refractivity contribution in [3.63, 3.8) is 0 Å². The van der Waals surface area contributed by atoms with Gasteiger partial charge in [-0.2, -0.15) is 0 Å². The van der Waals surface area contributed by atoms with E-state index in [0.29, 0.717) is 23.8 Å². The van der Waals surface area contributed by atoms with Crippen LogP contribution in [0, 0.1) is 11.8 Å². The second-order valence-corrected chi connectivity index (χ2v) is 6.20. The van der Waals surface area contributed by atoms with Crippen LogP contribution in [0.4, 0.5) is 0 Å². The Kier molecular flexibility index (Phi) is 3.16. The summed E-state index contributed by atoms with van der Waals surface area (Å²) >= 11 is 0. The van der Waals surface area contributed by atoms with Crippen molar-refractivity contribution < 1.29 is 5.11 Å². The van der Waals surface area contributed by atoms with E-state index < -0.39 is 0 Å². The van der Waals surface area contributed by atoms with Gasteiger partial charge in [-0.05, 0) is 44.8 Å². The molecule has 18 heavy (non-hydrogen) atoms. The Labute approximate surface area is 110 Å². The summed E-state index contributed by atoms with van der Waals surface area (Å²) in [5.74, 6) is 1.71. The first-order chi connectivity index (χ1) is 8.68. The first-order valence-corrected chi connectivity index (χ1v) is 7.08. The molecule has 3 fully saturated rings. The lowest BCUT2D eigenvalue weighted by atomic mass is 9.58. The molecule has 1 aromatic rings. The number of likely N-dealkylation sites (N-methyl/N-ethyl adjacent to an activating group) is 1. The Bertz CT molecular complexity index is 403. The average Bonchev–Trinajstić information content (AvgIpc) is 2.39. The van der Waals surface area contributed by atoms with Crippen LogP contribution in [0.15, 0.2) is 30.3 Å². The topological polar surface area (TPSA) is 23.5 Å². The molecule has 3 saturated carbocycles. The van der Waals surface area contributed by atoms with Crippen LogP contribution in [0.2, 0.25) is 0 Å². The smallest absolute Gasteiger partial charge is 0.0586 e. The molecule has 0 spiro atoms. The van der Waals surface area contributed by atoms with Gasteiger partial charge in [0, 0.05) is 17.9 Å². The molecular weight excluding hydrogens is 222 g/mol. The molecule has 0 saturated heterocycles. The Hall–Kier alpha value is -0.860. The van der Waals surface area contributed by atoms with E-state index in [1.165, 1.54) is 18.4 Å².